The number of aromatic nitrogens is 1. The molecule has 0 spiro atoms. The van der Waals surface area contributed by atoms with Gasteiger partial charge in [-0.15, -0.1) is 6.42 Å². The Morgan fingerprint density at radius 1 is 1.47 bits per heavy atom. The molecule has 1 saturated heterocycles. The van der Waals surface area contributed by atoms with Gasteiger partial charge in [-0.1, -0.05) is 19.3 Å². The number of rotatable bonds is 9. The summed E-state index contributed by atoms with van der Waals surface area (Å²) in [6.07, 6.45) is 10.1. The maximum Gasteiger partial charge on any atom is 0.335 e. The molecule has 1 aliphatic heterocycles. The molecule has 0 unspecified atom stereocenters. The van der Waals surface area contributed by atoms with Crippen LogP contribution in [0.2, 0.25) is 0 Å². The first-order chi connectivity index (χ1) is 14.3. The zero-order valence-corrected chi connectivity index (χ0v) is 17.6. The second-order valence-electron chi connectivity index (χ2n) is 7.76. The number of nitrogens with one attached hydrogen (secondary N) is 1. The zero-order valence-electron chi connectivity index (χ0n) is 17.6. The van der Waals surface area contributed by atoms with E-state index in [4.69, 9.17) is 16.8 Å². The van der Waals surface area contributed by atoms with Crippen molar-refractivity contribution in [1.82, 2.24) is 15.2 Å². The monoisotopic (exact) mass is 411 g/mol. The summed E-state index contributed by atoms with van der Waals surface area (Å²) >= 11 is 0. The minimum absolute atomic E-state index is 0.0224. The summed E-state index contributed by atoms with van der Waals surface area (Å²) in [4.78, 5) is 31.7. The molecule has 0 radical (unpaired) electrons. The highest BCUT2D eigenvalue weighted by Gasteiger charge is 2.32. The Kier molecular flexibility index (Phi) is 8.20. The predicted molar refractivity (Wildman–Crippen MR) is 114 cm³/mol. The lowest BCUT2D eigenvalue weighted by Gasteiger charge is -2.41. The highest BCUT2D eigenvalue weighted by atomic mass is 16.4. The molecule has 1 aromatic rings. The molecule has 0 saturated carbocycles. The van der Waals surface area contributed by atoms with Gasteiger partial charge in [0, 0.05) is 24.8 Å². The van der Waals surface area contributed by atoms with E-state index in [0.29, 0.717) is 25.3 Å². The molecule has 2 N–H and O–H groups in total. The molecular formula is C22H29N5O3. The third-order valence-electron chi connectivity index (χ3n) is 5.54. The Labute approximate surface area is 177 Å². The van der Waals surface area contributed by atoms with E-state index in [2.05, 4.69) is 28.0 Å². The summed E-state index contributed by atoms with van der Waals surface area (Å²) in [5, 5.41) is 21.6. The van der Waals surface area contributed by atoms with E-state index in [9.17, 15) is 9.59 Å². The molecule has 0 aromatic carbocycles. The third kappa shape index (κ3) is 5.95. The van der Waals surface area contributed by atoms with E-state index in [0.717, 1.165) is 19.3 Å². The summed E-state index contributed by atoms with van der Waals surface area (Å²) in [7, 11) is 0. The van der Waals surface area contributed by atoms with Gasteiger partial charge < -0.3 is 20.2 Å². The number of terminal acetylenes is 1. The molecule has 0 aliphatic carbocycles. The van der Waals surface area contributed by atoms with E-state index >= 15 is 0 Å². The molecule has 1 aromatic heterocycles. The van der Waals surface area contributed by atoms with E-state index in [1.54, 1.807) is 6.07 Å². The van der Waals surface area contributed by atoms with Crippen molar-refractivity contribution < 1.29 is 14.7 Å². The molecule has 2 heterocycles. The smallest absolute Gasteiger partial charge is 0.335 e. The average molecular weight is 412 g/mol. The normalized spacial score (nSPS) is 16.2. The first kappa shape index (κ1) is 23.2. The number of hydrogen-bond donors (Lipinski definition) is 2. The number of pyridine rings is 1. The van der Waals surface area contributed by atoms with Gasteiger partial charge in [-0.2, -0.15) is 5.26 Å². The fourth-order valence-electron chi connectivity index (χ4n) is 3.57. The molecule has 8 nitrogen and oxygen atoms in total. The Hall–Kier alpha value is -3.10. The lowest BCUT2D eigenvalue weighted by Crippen LogP contribution is -2.55. The molecule has 1 fully saturated rings. The minimum Gasteiger partial charge on any atom is -0.478 e. The second kappa shape index (κ2) is 10.6. The zero-order chi connectivity index (χ0) is 22.1. The van der Waals surface area contributed by atoms with E-state index < -0.39 is 5.97 Å². The number of amides is 1. The fourth-order valence-corrected chi connectivity index (χ4v) is 3.57. The summed E-state index contributed by atoms with van der Waals surface area (Å²) in [6, 6.07) is 4.72. The lowest BCUT2D eigenvalue weighted by molar-refractivity contribution is -0.131. The van der Waals surface area contributed by atoms with Gasteiger partial charge in [-0.05, 0) is 38.3 Å². The number of carbonyl (C=O) groups is 2. The predicted octanol–water partition coefficient (Wildman–Crippen LogP) is 1.88. The van der Waals surface area contributed by atoms with Gasteiger partial charge in [0.15, 0.2) is 0 Å². The highest BCUT2D eigenvalue weighted by Crippen LogP contribution is 2.25. The Morgan fingerprint density at radius 2 is 2.17 bits per heavy atom. The van der Waals surface area contributed by atoms with Gasteiger partial charge in [0.1, 0.15) is 12.4 Å². The quantitative estimate of drug-likeness (QED) is 0.472. The van der Waals surface area contributed by atoms with Crippen LogP contribution in [0.25, 0.3) is 0 Å². The van der Waals surface area contributed by atoms with Crippen molar-refractivity contribution in [3.05, 3.63) is 23.9 Å². The van der Waals surface area contributed by atoms with Crippen LogP contribution in [0.4, 0.5) is 5.82 Å². The topological polar surface area (TPSA) is 110 Å². The van der Waals surface area contributed by atoms with Gasteiger partial charge in [-0.25, -0.2) is 9.78 Å². The van der Waals surface area contributed by atoms with E-state index in [-0.39, 0.29) is 36.1 Å². The van der Waals surface area contributed by atoms with Crippen molar-refractivity contribution in [3.8, 4) is 18.4 Å². The van der Waals surface area contributed by atoms with Gasteiger partial charge >= 0.3 is 5.97 Å². The minimum atomic E-state index is -0.976. The summed E-state index contributed by atoms with van der Waals surface area (Å²) in [6.45, 7) is 5.54. The number of anilines is 1. The van der Waals surface area contributed by atoms with Gasteiger partial charge in [0.25, 0.3) is 0 Å². The van der Waals surface area contributed by atoms with Crippen LogP contribution >= 0.6 is 0 Å². The molecule has 30 heavy (non-hydrogen) atoms. The molecule has 8 heteroatoms. The Bertz CT molecular complexity index is 834. The van der Waals surface area contributed by atoms with Crippen molar-refractivity contribution >= 4 is 17.7 Å². The number of carboxylic acid groups (broad SMARTS) is 1. The van der Waals surface area contributed by atoms with Gasteiger partial charge in [-0.3, -0.25) is 4.79 Å². The van der Waals surface area contributed by atoms with Gasteiger partial charge in [0.05, 0.1) is 24.2 Å². The third-order valence-corrected chi connectivity index (χ3v) is 5.54. The van der Waals surface area contributed by atoms with Crippen molar-refractivity contribution in [1.29, 1.82) is 5.26 Å². The number of carbonyl (C=O) groups excluding carboxylic acids is 1. The maximum atomic E-state index is 12.7. The average Bonchev–Trinajstić information content (AvgIpc) is 2.75. The van der Waals surface area contributed by atoms with Crippen LogP contribution in [0.5, 0.6) is 0 Å². The van der Waals surface area contributed by atoms with Crippen LogP contribution in [-0.2, 0) is 4.79 Å². The Morgan fingerprint density at radius 3 is 2.73 bits per heavy atom. The van der Waals surface area contributed by atoms with E-state index in [1.165, 1.54) is 17.2 Å². The van der Waals surface area contributed by atoms with Crippen LogP contribution < -0.4 is 10.2 Å². The summed E-state index contributed by atoms with van der Waals surface area (Å²) in [5.41, 5.74) is -0.0320. The van der Waals surface area contributed by atoms with Crippen LogP contribution in [-0.4, -0.2) is 64.6 Å². The standard InChI is InChI=1S/C22H29N5O3/c1-4-6-18(5-2)27(14-10-23)20(28)16-25-22(3)8-12-26(13-9-22)19-15-17(21(29)30)7-11-24-19/h2,7,11,15,18,25H,4,6,8-9,12-14,16H2,1,3H3,(H,29,30)/t18-/m0/s1. The maximum absolute atomic E-state index is 12.7. The molecule has 1 aliphatic rings. The molecule has 160 valence electrons. The lowest BCUT2D eigenvalue weighted by atomic mass is 9.89. The second-order valence-corrected chi connectivity index (χ2v) is 7.76. The molecule has 1 atom stereocenters. The molecule has 1 amide bonds. The summed E-state index contributed by atoms with van der Waals surface area (Å²) < 4.78 is 0. The van der Waals surface area contributed by atoms with E-state index in [1.807, 2.05) is 13.0 Å². The van der Waals surface area contributed by atoms with Crippen molar-refractivity contribution in [2.45, 2.75) is 51.1 Å². The van der Waals surface area contributed by atoms with Crippen LogP contribution in [0, 0.1) is 23.7 Å². The van der Waals surface area contributed by atoms with Crippen molar-refractivity contribution in [3.63, 3.8) is 0 Å². The highest BCUT2D eigenvalue weighted by molar-refractivity contribution is 5.88. The number of carboxylic acids is 1. The van der Waals surface area contributed by atoms with Crippen molar-refractivity contribution in [2.24, 2.45) is 0 Å². The SMILES string of the molecule is C#C[C@@H](CCC)N(CC#N)C(=O)CNC1(C)CCN(c2cc(C(=O)O)ccn2)CC1. The first-order valence-electron chi connectivity index (χ1n) is 10.2. The number of piperidine rings is 1. The molecular weight excluding hydrogens is 382 g/mol. The van der Waals surface area contributed by atoms with Gasteiger partial charge in [0.2, 0.25) is 5.91 Å². The number of nitrogens with zero attached hydrogens (tertiary/aromatic N) is 4. The van der Waals surface area contributed by atoms with Crippen LogP contribution in [0.15, 0.2) is 18.3 Å². The number of aromatic carboxylic acids is 1. The van der Waals surface area contributed by atoms with Crippen molar-refractivity contribution in [2.75, 3.05) is 31.1 Å². The number of hydrogen-bond acceptors (Lipinski definition) is 6. The molecule has 0 bridgehead atoms. The Balaban J connectivity index is 1.95. The van der Waals surface area contributed by atoms with Crippen LogP contribution in [0.3, 0.4) is 0 Å². The number of nitriles is 1. The first-order valence-corrected chi connectivity index (χ1v) is 10.2. The summed E-state index contributed by atoms with van der Waals surface area (Å²) in [5.74, 6) is 2.12. The largest absolute Gasteiger partial charge is 0.478 e. The fraction of sp³-hybridized carbons (Fsp3) is 0.545. The van der Waals surface area contributed by atoms with Crippen LogP contribution in [0.1, 0.15) is 49.9 Å². The molecule has 2 rings (SSSR count).